The third kappa shape index (κ3) is 4.01. The van der Waals surface area contributed by atoms with Crippen molar-refractivity contribution in [2.75, 3.05) is 11.9 Å². The maximum Gasteiger partial charge on any atom is 0.231 e. The van der Waals surface area contributed by atoms with Gasteiger partial charge in [-0.1, -0.05) is 49.4 Å². The van der Waals surface area contributed by atoms with E-state index in [9.17, 15) is 4.79 Å². The Morgan fingerprint density at radius 2 is 1.93 bits per heavy atom. The molecule has 2 aromatic carbocycles. The Morgan fingerprint density at radius 1 is 1.18 bits per heavy atom. The summed E-state index contributed by atoms with van der Waals surface area (Å²) in [5.41, 5.74) is 1.69. The van der Waals surface area contributed by atoms with Crippen molar-refractivity contribution < 1.29 is 14.3 Å². The summed E-state index contributed by atoms with van der Waals surface area (Å²) < 4.78 is 13.5. The Bertz CT molecular complexity index is 939. The second-order valence-corrected chi connectivity index (χ2v) is 6.81. The van der Waals surface area contributed by atoms with Gasteiger partial charge in [-0.25, -0.2) is 0 Å². The molecular formula is C22H23N3O3. The second kappa shape index (κ2) is 8.17. The summed E-state index contributed by atoms with van der Waals surface area (Å²) in [7, 11) is 0. The first-order valence-electron chi connectivity index (χ1n) is 9.49. The molecule has 6 heteroatoms. The summed E-state index contributed by atoms with van der Waals surface area (Å²) in [4.78, 5) is 12.7. The topological polar surface area (TPSA) is 65.4 Å². The van der Waals surface area contributed by atoms with E-state index in [1.807, 2.05) is 67.7 Å². The molecule has 0 bridgehead atoms. The molecule has 0 spiro atoms. The average Bonchev–Trinajstić information content (AvgIpc) is 3.16. The highest BCUT2D eigenvalue weighted by molar-refractivity contribution is 5.95. The van der Waals surface area contributed by atoms with Crippen LogP contribution in [0.25, 0.3) is 0 Å². The van der Waals surface area contributed by atoms with Crippen molar-refractivity contribution in [2.45, 2.75) is 31.9 Å². The first-order valence-corrected chi connectivity index (χ1v) is 9.49. The lowest BCUT2D eigenvalue weighted by atomic mass is 9.96. The molecule has 1 amide bonds. The molecule has 4 rings (SSSR count). The standard InChI is InChI=1S/C22H23N3O3/c1-2-19(16-8-4-3-5-9-16)22(26)24-17-12-23-25(13-17)14-18-15-27-20-10-6-7-11-21(20)28-18/h3-13,18-19H,2,14-15H2,1H3,(H,24,26). The van der Waals surface area contributed by atoms with E-state index in [1.165, 1.54) is 0 Å². The van der Waals surface area contributed by atoms with Gasteiger partial charge in [-0.3, -0.25) is 9.48 Å². The molecule has 3 aromatic rings. The summed E-state index contributed by atoms with van der Waals surface area (Å²) in [5, 5.41) is 7.31. The smallest absolute Gasteiger partial charge is 0.231 e. The first kappa shape index (κ1) is 18.1. The Labute approximate surface area is 164 Å². The highest BCUT2D eigenvalue weighted by Crippen LogP contribution is 2.31. The van der Waals surface area contributed by atoms with Crippen molar-refractivity contribution in [3.05, 3.63) is 72.6 Å². The molecule has 1 aliphatic heterocycles. The van der Waals surface area contributed by atoms with E-state index in [0.29, 0.717) is 18.8 Å². The zero-order chi connectivity index (χ0) is 19.3. The Morgan fingerprint density at radius 3 is 2.71 bits per heavy atom. The lowest BCUT2D eigenvalue weighted by Gasteiger charge is -2.26. The molecule has 1 aromatic heterocycles. The van der Waals surface area contributed by atoms with E-state index in [4.69, 9.17) is 9.47 Å². The Balaban J connectivity index is 1.37. The van der Waals surface area contributed by atoms with Crippen LogP contribution in [0.4, 0.5) is 5.69 Å². The molecule has 0 aliphatic carbocycles. The molecule has 0 saturated carbocycles. The number of rotatable bonds is 6. The Hall–Kier alpha value is -3.28. The third-order valence-corrected chi connectivity index (χ3v) is 4.79. The minimum absolute atomic E-state index is 0.0283. The molecule has 6 nitrogen and oxygen atoms in total. The molecule has 2 atom stereocenters. The fraction of sp³-hybridized carbons (Fsp3) is 0.273. The minimum atomic E-state index is -0.184. The van der Waals surface area contributed by atoms with Crippen LogP contribution >= 0.6 is 0 Å². The molecule has 1 aliphatic rings. The van der Waals surface area contributed by atoms with Gasteiger partial charge in [0.1, 0.15) is 6.61 Å². The number of anilines is 1. The number of amides is 1. The quantitative estimate of drug-likeness (QED) is 0.709. The lowest BCUT2D eigenvalue weighted by molar-refractivity contribution is -0.117. The van der Waals surface area contributed by atoms with Crippen molar-refractivity contribution in [3.63, 3.8) is 0 Å². The number of carbonyl (C=O) groups excluding carboxylic acids is 1. The number of fused-ring (bicyclic) bond motifs is 1. The number of ether oxygens (including phenoxy) is 2. The van der Waals surface area contributed by atoms with Crippen LogP contribution in [-0.2, 0) is 11.3 Å². The van der Waals surface area contributed by atoms with Crippen LogP contribution in [0.5, 0.6) is 11.5 Å². The number of aromatic nitrogens is 2. The van der Waals surface area contributed by atoms with Gasteiger partial charge in [0.25, 0.3) is 0 Å². The predicted octanol–water partition coefficient (Wildman–Crippen LogP) is 3.86. The fourth-order valence-electron chi connectivity index (χ4n) is 3.38. The van der Waals surface area contributed by atoms with Gasteiger partial charge in [0.2, 0.25) is 5.91 Å². The number of carbonyl (C=O) groups is 1. The highest BCUT2D eigenvalue weighted by Gasteiger charge is 2.22. The largest absolute Gasteiger partial charge is 0.486 e. The van der Waals surface area contributed by atoms with Crippen LogP contribution < -0.4 is 14.8 Å². The van der Waals surface area contributed by atoms with Crippen LogP contribution in [0.3, 0.4) is 0 Å². The number of para-hydroxylation sites is 2. The van der Waals surface area contributed by atoms with E-state index in [0.717, 1.165) is 23.5 Å². The van der Waals surface area contributed by atoms with Crippen molar-refractivity contribution in [2.24, 2.45) is 0 Å². The van der Waals surface area contributed by atoms with E-state index >= 15 is 0 Å². The summed E-state index contributed by atoms with van der Waals surface area (Å²) in [6.07, 6.45) is 4.08. The SMILES string of the molecule is CCC(C(=O)Nc1cnn(CC2COc3ccccc3O2)c1)c1ccccc1. The molecule has 144 valence electrons. The van der Waals surface area contributed by atoms with Crippen LogP contribution in [0.15, 0.2) is 67.0 Å². The number of benzene rings is 2. The van der Waals surface area contributed by atoms with E-state index < -0.39 is 0 Å². The maximum atomic E-state index is 12.7. The number of hydrogen-bond acceptors (Lipinski definition) is 4. The molecular weight excluding hydrogens is 354 g/mol. The van der Waals surface area contributed by atoms with E-state index in [2.05, 4.69) is 10.4 Å². The van der Waals surface area contributed by atoms with Crippen molar-refractivity contribution >= 4 is 11.6 Å². The normalized spacial score (nSPS) is 16.4. The molecule has 0 fully saturated rings. The lowest BCUT2D eigenvalue weighted by Crippen LogP contribution is -2.33. The monoisotopic (exact) mass is 377 g/mol. The van der Waals surface area contributed by atoms with Crippen molar-refractivity contribution in [1.82, 2.24) is 9.78 Å². The summed E-state index contributed by atoms with van der Waals surface area (Å²) in [5.74, 6) is 1.29. The Kier molecular flexibility index (Phi) is 5.28. The summed E-state index contributed by atoms with van der Waals surface area (Å²) >= 11 is 0. The van der Waals surface area contributed by atoms with Crippen molar-refractivity contribution in [1.29, 1.82) is 0 Å². The summed E-state index contributed by atoms with van der Waals surface area (Å²) in [6, 6.07) is 17.4. The van der Waals surface area contributed by atoms with Gasteiger partial charge >= 0.3 is 0 Å². The van der Waals surface area contributed by atoms with Crippen LogP contribution in [0.1, 0.15) is 24.8 Å². The predicted molar refractivity (Wildman–Crippen MR) is 107 cm³/mol. The van der Waals surface area contributed by atoms with Crippen molar-refractivity contribution in [3.8, 4) is 11.5 Å². The van der Waals surface area contributed by atoms with E-state index in [-0.39, 0.29) is 17.9 Å². The van der Waals surface area contributed by atoms with E-state index in [1.54, 1.807) is 10.9 Å². The number of nitrogens with one attached hydrogen (secondary N) is 1. The van der Waals surface area contributed by atoms with Gasteiger partial charge in [-0.2, -0.15) is 5.10 Å². The molecule has 0 radical (unpaired) electrons. The van der Waals surface area contributed by atoms with Gasteiger partial charge in [0, 0.05) is 6.20 Å². The van der Waals surface area contributed by atoms with Crippen LogP contribution in [-0.4, -0.2) is 28.4 Å². The average molecular weight is 377 g/mol. The molecule has 2 unspecified atom stereocenters. The van der Waals surface area contributed by atoms with Gasteiger partial charge in [0.15, 0.2) is 17.6 Å². The number of hydrogen-bond donors (Lipinski definition) is 1. The molecule has 2 heterocycles. The minimum Gasteiger partial charge on any atom is -0.486 e. The molecule has 28 heavy (non-hydrogen) atoms. The molecule has 1 N–H and O–H groups in total. The third-order valence-electron chi connectivity index (χ3n) is 4.79. The first-order chi connectivity index (χ1) is 13.7. The van der Waals surface area contributed by atoms with Gasteiger partial charge in [0.05, 0.1) is 24.3 Å². The summed E-state index contributed by atoms with van der Waals surface area (Å²) in [6.45, 7) is 3.02. The molecule has 0 saturated heterocycles. The maximum absolute atomic E-state index is 12.7. The highest BCUT2D eigenvalue weighted by atomic mass is 16.6. The van der Waals surface area contributed by atoms with Crippen LogP contribution in [0.2, 0.25) is 0 Å². The second-order valence-electron chi connectivity index (χ2n) is 6.81. The zero-order valence-corrected chi connectivity index (χ0v) is 15.7. The van der Waals surface area contributed by atoms with Crippen LogP contribution in [0, 0.1) is 0 Å². The zero-order valence-electron chi connectivity index (χ0n) is 15.7. The van der Waals surface area contributed by atoms with Gasteiger partial charge < -0.3 is 14.8 Å². The fourth-order valence-corrected chi connectivity index (χ4v) is 3.38. The van der Waals surface area contributed by atoms with Gasteiger partial charge in [-0.15, -0.1) is 0 Å². The number of nitrogens with zero attached hydrogens (tertiary/aromatic N) is 2. The van der Waals surface area contributed by atoms with Gasteiger partial charge in [-0.05, 0) is 24.1 Å².